The Morgan fingerprint density at radius 1 is 1.00 bits per heavy atom. The van der Waals surface area contributed by atoms with Crippen molar-refractivity contribution in [3.05, 3.63) is 0 Å². The molecule has 3 saturated heterocycles. The summed E-state index contributed by atoms with van der Waals surface area (Å²) < 4.78 is 0. The molecule has 2 saturated carbocycles. The quantitative estimate of drug-likeness (QED) is 0.549. The lowest BCUT2D eigenvalue weighted by atomic mass is 9.78. The van der Waals surface area contributed by atoms with Crippen LogP contribution >= 0.6 is 0 Å². The summed E-state index contributed by atoms with van der Waals surface area (Å²) in [5.74, 6) is 3.36. The van der Waals surface area contributed by atoms with Gasteiger partial charge in [-0.1, -0.05) is 20.3 Å². The third kappa shape index (κ3) is 5.46. The number of carbonyl (C=O) groups is 2. The van der Waals surface area contributed by atoms with Gasteiger partial charge in [-0.15, -0.1) is 0 Å². The van der Waals surface area contributed by atoms with Gasteiger partial charge in [-0.25, -0.2) is 0 Å². The predicted molar refractivity (Wildman–Crippen MR) is 134 cm³/mol. The summed E-state index contributed by atoms with van der Waals surface area (Å²) in [4.78, 5) is 30.5. The molecule has 0 radical (unpaired) electrons. The van der Waals surface area contributed by atoms with E-state index >= 15 is 0 Å². The molecule has 3 aliphatic heterocycles. The maximum absolute atomic E-state index is 13.3. The van der Waals surface area contributed by atoms with E-state index in [0.717, 1.165) is 45.6 Å². The zero-order valence-electron chi connectivity index (χ0n) is 21.6. The van der Waals surface area contributed by atoms with Gasteiger partial charge in [0.1, 0.15) is 0 Å². The number of likely N-dealkylation sites (N-methyl/N-ethyl adjacent to an activating group) is 1. The first kappa shape index (κ1) is 24.5. The summed E-state index contributed by atoms with van der Waals surface area (Å²) in [5, 5.41) is 11.0. The number of fused-ring (bicyclic) bond motifs is 1. The Bertz CT molecular complexity index is 735. The average molecular weight is 474 g/mol. The van der Waals surface area contributed by atoms with E-state index in [1.165, 1.54) is 32.1 Å². The van der Waals surface area contributed by atoms with Gasteiger partial charge in [0.2, 0.25) is 11.8 Å². The van der Waals surface area contributed by atoms with E-state index in [1.807, 2.05) is 0 Å². The van der Waals surface area contributed by atoms with Crippen molar-refractivity contribution in [1.82, 2.24) is 25.8 Å². The van der Waals surface area contributed by atoms with Crippen LogP contribution in [0, 0.1) is 29.6 Å². The second-order valence-electron chi connectivity index (χ2n) is 12.4. The van der Waals surface area contributed by atoms with Gasteiger partial charge < -0.3 is 25.8 Å². The van der Waals surface area contributed by atoms with Crippen molar-refractivity contribution in [2.24, 2.45) is 29.6 Å². The molecule has 192 valence electrons. The highest BCUT2D eigenvalue weighted by Gasteiger charge is 2.45. The van der Waals surface area contributed by atoms with Crippen LogP contribution in [0.3, 0.4) is 0 Å². The van der Waals surface area contributed by atoms with Gasteiger partial charge in [0.15, 0.2) is 0 Å². The van der Waals surface area contributed by atoms with Crippen LogP contribution in [0.25, 0.3) is 0 Å². The first-order valence-electron chi connectivity index (χ1n) is 14.1. The van der Waals surface area contributed by atoms with Crippen LogP contribution in [0.5, 0.6) is 0 Å². The lowest BCUT2D eigenvalue weighted by Gasteiger charge is -2.41. The van der Waals surface area contributed by atoms with Crippen molar-refractivity contribution in [2.75, 3.05) is 39.8 Å². The first-order valence-corrected chi connectivity index (χ1v) is 14.1. The van der Waals surface area contributed by atoms with Crippen LogP contribution in [-0.2, 0) is 9.59 Å². The van der Waals surface area contributed by atoms with Crippen LogP contribution in [0.1, 0.15) is 65.2 Å². The highest BCUT2D eigenvalue weighted by atomic mass is 16.2. The maximum Gasteiger partial charge on any atom is 0.237 e. The van der Waals surface area contributed by atoms with E-state index in [-0.39, 0.29) is 18.0 Å². The second kappa shape index (κ2) is 10.4. The van der Waals surface area contributed by atoms with Gasteiger partial charge >= 0.3 is 0 Å². The molecular formula is C27H47N5O2. The van der Waals surface area contributed by atoms with E-state index in [2.05, 4.69) is 46.6 Å². The Labute approximate surface area is 206 Å². The molecule has 8 unspecified atom stereocenters. The zero-order valence-corrected chi connectivity index (χ0v) is 21.6. The van der Waals surface area contributed by atoms with Crippen LogP contribution in [0.4, 0.5) is 0 Å². The number of nitrogens with zero attached hydrogens (tertiary/aromatic N) is 2. The molecule has 34 heavy (non-hydrogen) atoms. The molecule has 2 amide bonds. The Balaban J connectivity index is 1.13. The summed E-state index contributed by atoms with van der Waals surface area (Å²) in [6.45, 7) is 9.22. The number of hydrogen-bond donors (Lipinski definition) is 3. The fourth-order valence-corrected chi connectivity index (χ4v) is 7.43. The maximum atomic E-state index is 13.3. The number of rotatable bonds is 6. The van der Waals surface area contributed by atoms with Crippen LogP contribution in [0.15, 0.2) is 0 Å². The fourth-order valence-electron chi connectivity index (χ4n) is 7.43. The van der Waals surface area contributed by atoms with Crippen LogP contribution < -0.4 is 16.0 Å². The highest BCUT2D eigenvalue weighted by Crippen LogP contribution is 2.39. The van der Waals surface area contributed by atoms with E-state index in [1.54, 1.807) is 0 Å². The number of carbonyl (C=O) groups excluding carboxylic acids is 2. The minimum Gasteiger partial charge on any atom is -0.350 e. The first-order chi connectivity index (χ1) is 16.4. The number of hydrogen-bond acceptors (Lipinski definition) is 5. The SMILES string of the molecule is CC1CCCC2CC(C(=O)NC(C3CC3)C3NCC(CC(=O)N4CCN(C)CC4)CC3C)NC12. The molecule has 7 nitrogen and oxygen atoms in total. The van der Waals surface area contributed by atoms with Crippen molar-refractivity contribution in [2.45, 2.75) is 89.4 Å². The number of nitrogens with one attached hydrogen (secondary N) is 3. The lowest BCUT2D eigenvalue weighted by molar-refractivity contribution is -0.134. The third-order valence-electron chi connectivity index (χ3n) is 9.71. The van der Waals surface area contributed by atoms with E-state index in [0.29, 0.717) is 54.0 Å². The fraction of sp³-hybridized carbons (Fsp3) is 0.926. The molecule has 3 N–H and O–H groups in total. The van der Waals surface area contributed by atoms with Crippen LogP contribution in [-0.4, -0.2) is 85.6 Å². The molecule has 0 spiro atoms. The summed E-state index contributed by atoms with van der Waals surface area (Å²) in [6.07, 6.45) is 9.04. The molecule has 0 aromatic heterocycles. The van der Waals surface area contributed by atoms with E-state index < -0.39 is 0 Å². The smallest absolute Gasteiger partial charge is 0.237 e. The van der Waals surface area contributed by atoms with Crippen molar-refractivity contribution in [3.8, 4) is 0 Å². The van der Waals surface area contributed by atoms with Crippen LogP contribution in [0.2, 0.25) is 0 Å². The standard InChI is InChI=1S/C27H47N5O2/c1-17-5-4-6-21-15-22(29-24(17)21)27(34)30-26(20-7-8-20)25-18(2)13-19(16-28-25)14-23(33)32-11-9-31(3)10-12-32/h17-22,24-26,28-29H,4-16H2,1-3H3,(H,30,34). The molecule has 0 aromatic carbocycles. The molecule has 0 bridgehead atoms. The summed E-state index contributed by atoms with van der Waals surface area (Å²) in [7, 11) is 2.13. The molecule has 2 aliphatic carbocycles. The minimum absolute atomic E-state index is 0.0235. The molecule has 5 fully saturated rings. The predicted octanol–water partition coefficient (Wildman–Crippen LogP) is 1.83. The topological polar surface area (TPSA) is 76.7 Å². The Hall–Kier alpha value is -1.18. The number of piperazine rings is 1. The zero-order chi connectivity index (χ0) is 23.8. The lowest BCUT2D eigenvalue weighted by Crippen LogP contribution is -2.60. The number of amides is 2. The van der Waals surface area contributed by atoms with Gasteiger partial charge in [-0.3, -0.25) is 9.59 Å². The molecular weight excluding hydrogens is 426 g/mol. The normalized spacial score (nSPS) is 40.0. The Morgan fingerprint density at radius 3 is 2.44 bits per heavy atom. The summed E-state index contributed by atoms with van der Waals surface area (Å²) in [5.41, 5.74) is 0. The van der Waals surface area contributed by atoms with Crippen molar-refractivity contribution in [3.63, 3.8) is 0 Å². The third-order valence-corrected chi connectivity index (χ3v) is 9.71. The van der Waals surface area contributed by atoms with Gasteiger partial charge in [-0.2, -0.15) is 0 Å². The second-order valence-corrected chi connectivity index (χ2v) is 12.4. The van der Waals surface area contributed by atoms with Crippen molar-refractivity contribution < 1.29 is 9.59 Å². The molecule has 0 aromatic rings. The summed E-state index contributed by atoms with van der Waals surface area (Å²) >= 11 is 0. The Morgan fingerprint density at radius 2 is 1.76 bits per heavy atom. The molecule has 8 atom stereocenters. The van der Waals surface area contributed by atoms with E-state index in [9.17, 15) is 9.59 Å². The van der Waals surface area contributed by atoms with Crippen molar-refractivity contribution in [1.29, 1.82) is 0 Å². The van der Waals surface area contributed by atoms with E-state index in [4.69, 9.17) is 0 Å². The molecule has 5 rings (SSSR count). The van der Waals surface area contributed by atoms with Crippen molar-refractivity contribution >= 4 is 11.8 Å². The Kier molecular flexibility index (Phi) is 7.52. The summed E-state index contributed by atoms with van der Waals surface area (Å²) in [6, 6.07) is 1.03. The van der Waals surface area contributed by atoms with Gasteiger partial charge in [0.05, 0.1) is 6.04 Å². The molecule has 3 heterocycles. The van der Waals surface area contributed by atoms with Gasteiger partial charge in [0.25, 0.3) is 0 Å². The molecule has 5 aliphatic rings. The van der Waals surface area contributed by atoms with Gasteiger partial charge in [-0.05, 0) is 81.7 Å². The highest BCUT2D eigenvalue weighted by molar-refractivity contribution is 5.82. The minimum atomic E-state index is -0.0235. The van der Waals surface area contributed by atoms with Gasteiger partial charge in [0, 0.05) is 50.7 Å². The average Bonchev–Trinajstić information content (AvgIpc) is 3.56. The largest absolute Gasteiger partial charge is 0.350 e. The number of piperidine rings is 1. The molecule has 7 heteroatoms. The monoisotopic (exact) mass is 473 g/mol.